The minimum absolute atomic E-state index is 0. The Labute approximate surface area is 184 Å². The lowest BCUT2D eigenvalue weighted by Gasteiger charge is -2.18. The Balaban J connectivity index is 0.00000392. The van der Waals surface area contributed by atoms with E-state index in [4.69, 9.17) is 6.42 Å². The van der Waals surface area contributed by atoms with Crippen molar-refractivity contribution in [3.05, 3.63) is 65.7 Å². The highest BCUT2D eigenvalue weighted by Gasteiger charge is 2.08. The van der Waals surface area contributed by atoms with Crippen LogP contribution in [0.1, 0.15) is 24.5 Å². The van der Waals surface area contributed by atoms with E-state index in [0.29, 0.717) is 11.6 Å². The second-order valence-corrected chi connectivity index (χ2v) is 6.27. The molecule has 0 spiro atoms. The van der Waals surface area contributed by atoms with Crippen molar-refractivity contribution in [3.8, 4) is 12.3 Å². The van der Waals surface area contributed by atoms with Crippen LogP contribution in [0.2, 0.25) is 0 Å². The zero-order valence-corrected chi connectivity index (χ0v) is 18.6. The largest absolute Gasteiger partial charge is 0.354 e. The van der Waals surface area contributed by atoms with E-state index in [2.05, 4.69) is 45.9 Å². The number of nitrogens with one attached hydrogen (secondary N) is 3. The standard InChI is InChI=1S/C22H26N4O.HI/c1-4-18-11-8-12-20(15-18)26-21(27)16-24-22(23-3)25-17(2)13-14-19-9-6-5-7-10-19;/h1,5-12,15,17H,13-14,16H2,2-3H3,(H,26,27)(H2,23,24,25);1H. The second-order valence-electron chi connectivity index (χ2n) is 6.27. The molecule has 0 heterocycles. The lowest BCUT2D eigenvalue weighted by Crippen LogP contribution is -2.45. The van der Waals surface area contributed by atoms with Gasteiger partial charge in [-0.1, -0.05) is 42.3 Å². The molecule has 3 N–H and O–H groups in total. The highest BCUT2D eigenvalue weighted by atomic mass is 127. The molecule has 2 aromatic carbocycles. The monoisotopic (exact) mass is 490 g/mol. The molecule has 0 bridgehead atoms. The van der Waals surface area contributed by atoms with Crippen molar-refractivity contribution in [2.75, 3.05) is 18.9 Å². The minimum atomic E-state index is -0.163. The van der Waals surface area contributed by atoms with Crippen LogP contribution in [0.5, 0.6) is 0 Å². The number of terminal acetylenes is 1. The molecular formula is C22H27IN4O. The average molecular weight is 490 g/mol. The Morgan fingerprint density at radius 1 is 1.18 bits per heavy atom. The van der Waals surface area contributed by atoms with Crippen molar-refractivity contribution < 1.29 is 4.79 Å². The molecule has 6 heteroatoms. The Kier molecular flexibility index (Phi) is 10.7. The third-order valence-electron chi connectivity index (χ3n) is 4.04. The number of anilines is 1. The molecule has 148 valence electrons. The highest BCUT2D eigenvalue weighted by Crippen LogP contribution is 2.09. The molecule has 0 saturated heterocycles. The number of aliphatic imine (C=N–C) groups is 1. The lowest BCUT2D eigenvalue weighted by molar-refractivity contribution is -0.115. The quantitative estimate of drug-likeness (QED) is 0.241. The smallest absolute Gasteiger partial charge is 0.243 e. The summed E-state index contributed by atoms with van der Waals surface area (Å²) in [5, 5.41) is 9.16. The second kappa shape index (κ2) is 12.8. The molecule has 5 nitrogen and oxygen atoms in total. The first-order chi connectivity index (χ1) is 13.1. The molecular weight excluding hydrogens is 463 g/mol. The van der Waals surface area contributed by atoms with Crippen LogP contribution in [0.4, 0.5) is 5.69 Å². The minimum Gasteiger partial charge on any atom is -0.354 e. The van der Waals surface area contributed by atoms with Gasteiger partial charge in [-0.25, -0.2) is 0 Å². The van der Waals surface area contributed by atoms with E-state index < -0.39 is 0 Å². The number of rotatable bonds is 7. The summed E-state index contributed by atoms with van der Waals surface area (Å²) in [6, 6.07) is 17.8. The maximum absolute atomic E-state index is 12.1. The number of benzene rings is 2. The molecule has 1 amide bonds. The van der Waals surface area contributed by atoms with Gasteiger partial charge in [0.05, 0.1) is 6.54 Å². The van der Waals surface area contributed by atoms with Gasteiger partial charge in [-0.15, -0.1) is 30.4 Å². The molecule has 1 unspecified atom stereocenters. The normalized spacial score (nSPS) is 11.5. The van der Waals surface area contributed by atoms with Crippen molar-refractivity contribution in [2.45, 2.75) is 25.8 Å². The first-order valence-corrected chi connectivity index (χ1v) is 8.98. The molecule has 0 aliphatic carbocycles. The van der Waals surface area contributed by atoms with E-state index in [9.17, 15) is 4.79 Å². The van der Waals surface area contributed by atoms with Crippen molar-refractivity contribution in [1.29, 1.82) is 0 Å². The number of hydrogen-bond donors (Lipinski definition) is 3. The van der Waals surface area contributed by atoms with E-state index in [-0.39, 0.29) is 42.5 Å². The fourth-order valence-corrected chi connectivity index (χ4v) is 2.58. The van der Waals surface area contributed by atoms with Gasteiger partial charge in [0.25, 0.3) is 0 Å². The zero-order valence-electron chi connectivity index (χ0n) is 16.2. The van der Waals surface area contributed by atoms with Gasteiger partial charge in [0.1, 0.15) is 0 Å². The molecule has 0 fully saturated rings. The van der Waals surface area contributed by atoms with Crippen molar-refractivity contribution >= 4 is 41.5 Å². The molecule has 1 atom stereocenters. The van der Waals surface area contributed by atoms with Crippen LogP contribution in [0.15, 0.2) is 59.6 Å². The van der Waals surface area contributed by atoms with Gasteiger partial charge in [0, 0.05) is 24.3 Å². The van der Waals surface area contributed by atoms with Gasteiger partial charge in [-0.2, -0.15) is 0 Å². The summed E-state index contributed by atoms with van der Waals surface area (Å²) in [6.07, 6.45) is 7.33. The molecule has 0 aliphatic rings. The van der Waals surface area contributed by atoms with Crippen LogP contribution in [0, 0.1) is 12.3 Å². The third-order valence-corrected chi connectivity index (χ3v) is 4.04. The number of guanidine groups is 1. The molecule has 28 heavy (non-hydrogen) atoms. The van der Waals surface area contributed by atoms with Gasteiger partial charge < -0.3 is 16.0 Å². The molecule has 0 radical (unpaired) electrons. The highest BCUT2D eigenvalue weighted by molar-refractivity contribution is 14.0. The molecule has 2 aromatic rings. The van der Waals surface area contributed by atoms with E-state index in [0.717, 1.165) is 18.4 Å². The predicted octanol–water partition coefficient (Wildman–Crippen LogP) is 3.41. The molecule has 0 aliphatic heterocycles. The van der Waals surface area contributed by atoms with E-state index in [1.165, 1.54) is 5.56 Å². The Bertz CT molecular complexity index is 815. The Hall–Kier alpha value is -2.53. The SMILES string of the molecule is C#Cc1cccc(NC(=O)CNC(=NC)NC(C)CCc2ccccc2)c1.I. The van der Waals surface area contributed by atoms with Gasteiger partial charge in [0.2, 0.25) is 5.91 Å². The number of aryl methyl sites for hydroxylation is 1. The van der Waals surface area contributed by atoms with Crippen LogP contribution in [0.25, 0.3) is 0 Å². The van der Waals surface area contributed by atoms with Crippen LogP contribution < -0.4 is 16.0 Å². The summed E-state index contributed by atoms with van der Waals surface area (Å²) in [5.74, 6) is 2.99. The predicted molar refractivity (Wildman–Crippen MR) is 127 cm³/mol. The third kappa shape index (κ3) is 8.44. The summed E-state index contributed by atoms with van der Waals surface area (Å²) >= 11 is 0. The topological polar surface area (TPSA) is 65.5 Å². The summed E-state index contributed by atoms with van der Waals surface area (Å²) < 4.78 is 0. The van der Waals surface area contributed by atoms with Crippen LogP contribution >= 0.6 is 24.0 Å². The van der Waals surface area contributed by atoms with Gasteiger partial charge in [-0.3, -0.25) is 9.79 Å². The first kappa shape index (κ1) is 23.5. The number of hydrogen-bond acceptors (Lipinski definition) is 2. The van der Waals surface area contributed by atoms with E-state index in [1.54, 1.807) is 19.2 Å². The molecule has 2 rings (SSSR count). The van der Waals surface area contributed by atoms with Gasteiger partial charge in [-0.05, 0) is 43.5 Å². The van der Waals surface area contributed by atoms with E-state index in [1.807, 2.05) is 30.3 Å². The number of halogens is 1. The number of carbonyl (C=O) groups is 1. The summed E-state index contributed by atoms with van der Waals surface area (Å²) in [7, 11) is 1.69. The van der Waals surface area contributed by atoms with Gasteiger partial charge in [0.15, 0.2) is 5.96 Å². The van der Waals surface area contributed by atoms with Crippen molar-refractivity contribution in [2.24, 2.45) is 4.99 Å². The summed E-state index contributed by atoms with van der Waals surface area (Å²) in [6.45, 7) is 2.21. The average Bonchev–Trinajstić information content (AvgIpc) is 2.70. The lowest BCUT2D eigenvalue weighted by atomic mass is 10.1. The maximum Gasteiger partial charge on any atom is 0.243 e. The Morgan fingerprint density at radius 2 is 1.93 bits per heavy atom. The number of amides is 1. The van der Waals surface area contributed by atoms with Crippen molar-refractivity contribution in [1.82, 2.24) is 10.6 Å². The van der Waals surface area contributed by atoms with Crippen LogP contribution in [-0.4, -0.2) is 31.5 Å². The van der Waals surface area contributed by atoms with Crippen LogP contribution in [-0.2, 0) is 11.2 Å². The number of carbonyl (C=O) groups excluding carboxylic acids is 1. The molecule has 0 aromatic heterocycles. The van der Waals surface area contributed by atoms with Crippen LogP contribution in [0.3, 0.4) is 0 Å². The number of nitrogens with zero attached hydrogens (tertiary/aromatic N) is 1. The fraction of sp³-hybridized carbons (Fsp3) is 0.273. The fourth-order valence-electron chi connectivity index (χ4n) is 2.58. The summed E-state index contributed by atoms with van der Waals surface area (Å²) in [4.78, 5) is 16.3. The maximum atomic E-state index is 12.1. The zero-order chi connectivity index (χ0) is 19.5. The Morgan fingerprint density at radius 3 is 2.61 bits per heavy atom. The van der Waals surface area contributed by atoms with Gasteiger partial charge >= 0.3 is 0 Å². The summed E-state index contributed by atoms with van der Waals surface area (Å²) in [5.41, 5.74) is 2.71. The van der Waals surface area contributed by atoms with E-state index >= 15 is 0 Å². The molecule has 0 saturated carbocycles. The first-order valence-electron chi connectivity index (χ1n) is 8.98. The van der Waals surface area contributed by atoms with Crippen molar-refractivity contribution in [3.63, 3.8) is 0 Å².